The van der Waals surface area contributed by atoms with Crippen molar-refractivity contribution in [3.8, 4) is 29.1 Å². The molecule has 1 fully saturated rings. The van der Waals surface area contributed by atoms with E-state index in [9.17, 15) is 23.2 Å². The Hall–Kier alpha value is -6.04. The first-order valence-electron chi connectivity index (χ1n) is 16.6. The number of piperazine rings is 1. The second kappa shape index (κ2) is 16.3. The van der Waals surface area contributed by atoms with Crippen molar-refractivity contribution in [1.29, 1.82) is 5.26 Å². The fourth-order valence-electron chi connectivity index (χ4n) is 5.69. The van der Waals surface area contributed by atoms with Crippen LogP contribution in [0.4, 0.5) is 40.7 Å². The number of rotatable bonds is 12. The Morgan fingerprint density at radius 2 is 1.65 bits per heavy atom. The van der Waals surface area contributed by atoms with E-state index in [0.717, 1.165) is 51.3 Å². The summed E-state index contributed by atoms with van der Waals surface area (Å²) >= 11 is 0. The number of anilines is 4. The summed E-state index contributed by atoms with van der Waals surface area (Å²) in [5.74, 6) is 2.02. The molecule has 6 rings (SSSR count). The summed E-state index contributed by atoms with van der Waals surface area (Å²) in [5.41, 5.74) is 1.73. The molecule has 2 amide bonds. The Labute approximate surface area is 298 Å². The average Bonchev–Trinajstić information content (AvgIpc) is 3.14. The molecule has 2 heterocycles. The summed E-state index contributed by atoms with van der Waals surface area (Å²) in [6, 6.07) is 23.1. The molecule has 0 spiro atoms. The minimum Gasteiger partial charge on any atom is -0.493 e. The second-order valence-corrected chi connectivity index (χ2v) is 11.9. The fourth-order valence-corrected chi connectivity index (χ4v) is 5.69. The maximum atomic E-state index is 13.0. The molecule has 0 aliphatic carbocycles. The zero-order valence-corrected chi connectivity index (χ0v) is 28.2. The van der Waals surface area contributed by atoms with E-state index in [1.54, 1.807) is 55.6 Å². The molecular weight excluding hydrogens is 675 g/mol. The number of benzene rings is 4. The number of amides is 2. The number of nitriles is 1. The molecule has 1 saturated heterocycles. The monoisotopic (exact) mass is 711 g/mol. The topological polar surface area (TPSA) is 133 Å². The quantitative estimate of drug-likeness (QED) is 0.0951. The number of alkyl halides is 3. The van der Waals surface area contributed by atoms with Crippen LogP contribution in [0.3, 0.4) is 0 Å². The number of methoxy groups -OCH3 is 1. The zero-order valence-electron chi connectivity index (χ0n) is 28.2. The van der Waals surface area contributed by atoms with E-state index in [-0.39, 0.29) is 5.69 Å². The maximum absolute atomic E-state index is 13.0. The van der Waals surface area contributed by atoms with Crippen molar-refractivity contribution in [2.45, 2.75) is 12.6 Å². The summed E-state index contributed by atoms with van der Waals surface area (Å²) in [6.07, 6.45) is -2.13. The number of hydrogen-bond donors (Lipinski definition) is 4. The third-order valence-electron chi connectivity index (χ3n) is 8.26. The molecule has 0 bridgehead atoms. The van der Waals surface area contributed by atoms with Gasteiger partial charge in [-0.2, -0.15) is 18.4 Å². The number of ether oxygens (including phenoxy) is 3. The largest absolute Gasteiger partial charge is 0.493 e. The van der Waals surface area contributed by atoms with Gasteiger partial charge in [-0.3, -0.25) is 4.98 Å². The van der Waals surface area contributed by atoms with Crippen molar-refractivity contribution < 1.29 is 32.2 Å². The van der Waals surface area contributed by atoms with Crippen LogP contribution in [0.2, 0.25) is 0 Å². The molecule has 4 N–H and O–H groups in total. The van der Waals surface area contributed by atoms with E-state index >= 15 is 0 Å². The van der Waals surface area contributed by atoms with Gasteiger partial charge in [0.2, 0.25) is 0 Å². The van der Waals surface area contributed by atoms with Crippen LogP contribution in [-0.2, 0) is 6.18 Å². The van der Waals surface area contributed by atoms with Gasteiger partial charge in [-0.15, -0.1) is 0 Å². The number of nitrogens with one attached hydrogen (secondary N) is 4. The van der Waals surface area contributed by atoms with Gasteiger partial charge in [0.25, 0.3) is 0 Å². The highest BCUT2D eigenvalue weighted by Crippen LogP contribution is 2.38. The van der Waals surface area contributed by atoms with Gasteiger partial charge in [-0.1, -0.05) is 12.1 Å². The van der Waals surface area contributed by atoms with Gasteiger partial charge < -0.3 is 40.4 Å². The van der Waals surface area contributed by atoms with Gasteiger partial charge >= 0.3 is 12.2 Å². The van der Waals surface area contributed by atoms with Crippen molar-refractivity contribution in [3.63, 3.8) is 0 Å². The predicted molar refractivity (Wildman–Crippen MR) is 193 cm³/mol. The number of carbonyl (C=O) groups is 1. The van der Waals surface area contributed by atoms with Gasteiger partial charge in [-0.25, -0.2) is 4.79 Å². The number of pyridine rings is 1. The van der Waals surface area contributed by atoms with Crippen molar-refractivity contribution >= 4 is 39.7 Å². The standard InChI is InChI=1S/C38H36F3N7O4/c1-50-34-21-32-33(22-35(34)51-18-4-15-48-16-13-43-14-17-48)44-24-25(23-42)36(32)45-27-9-11-30(12-10-27)52-31-8-3-7-29(20-31)47-37(49)46-28-6-2-5-26(19-28)38(39,40)41/h2-3,5-12,19-22,24,43H,4,13-18H2,1H3,(H,44,45)(H2,46,47,49). The summed E-state index contributed by atoms with van der Waals surface area (Å²) in [6.45, 7) is 5.54. The lowest BCUT2D eigenvalue weighted by Gasteiger charge is -2.27. The molecule has 268 valence electrons. The van der Waals surface area contributed by atoms with E-state index in [1.807, 2.05) is 12.1 Å². The lowest BCUT2D eigenvalue weighted by atomic mass is 10.1. The van der Waals surface area contributed by atoms with Crippen LogP contribution in [0.5, 0.6) is 23.0 Å². The fraction of sp³-hybridized carbons (Fsp3) is 0.237. The predicted octanol–water partition coefficient (Wildman–Crippen LogP) is 7.99. The number of carbonyl (C=O) groups excluding carboxylic acids is 1. The van der Waals surface area contributed by atoms with Crippen LogP contribution in [0, 0.1) is 11.3 Å². The van der Waals surface area contributed by atoms with Gasteiger partial charge in [0, 0.05) is 73.5 Å². The van der Waals surface area contributed by atoms with Crippen LogP contribution in [0.25, 0.3) is 10.9 Å². The third-order valence-corrected chi connectivity index (χ3v) is 8.26. The van der Waals surface area contributed by atoms with Crippen molar-refractivity contribution in [1.82, 2.24) is 15.2 Å². The Kier molecular flexibility index (Phi) is 11.2. The van der Waals surface area contributed by atoms with Crippen molar-refractivity contribution in [3.05, 3.63) is 102 Å². The molecule has 1 aliphatic heterocycles. The van der Waals surface area contributed by atoms with Gasteiger partial charge in [0.1, 0.15) is 17.6 Å². The summed E-state index contributed by atoms with van der Waals surface area (Å²) < 4.78 is 56.8. The van der Waals surface area contributed by atoms with Crippen LogP contribution in [0.15, 0.2) is 91.1 Å². The molecule has 1 aliphatic rings. The van der Waals surface area contributed by atoms with E-state index in [4.69, 9.17) is 14.2 Å². The van der Waals surface area contributed by atoms with E-state index in [2.05, 4.69) is 37.2 Å². The first kappa shape index (κ1) is 35.8. The average molecular weight is 712 g/mol. The Bertz CT molecular complexity index is 2060. The summed E-state index contributed by atoms with van der Waals surface area (Å²) in [7, 11) is 1.57. The number of nitrogens with zero attached hydrogens (tertiary/aromatic N) is 3. The van der Waals surface area contributed by atoms with Crippen LogP contribution < -0.4 is 35.5 Å². The lowest BCUT2D eigenvalue weighted by molar-refractivity contribution is -0.137. The molecule has 0 atom stereocenters. The number of fused-ring (bicyclic) bond motifs is 1. The van der Waals surface area contributed by atoms with Crippen LogP contribution >= 0.6 is 0 Å². The lowest BCUT2D eigenvalue weighted by Crippen LogP contribution is -2.43. The normalized spacial score (nSPS) is 13.2. The highest BCUT2D eigenvalue weighted by molar-refractivity contribution is 6.00. The van der Waals surface area contributed by atoms with E-state index in [1.165, 1.54) is 18.3 Å². The summed E-state index contributed by atoms with van der Waals surface area (Å²) in [5, 5.41) is 22.3. The Morgan fingerprint density at radius 3 is 2.37 bits per heavy atom. The second-order valence-electron chi connectivity index (χ2n) is 11.9. The van der Waals surface area contributed by atoms with Gasteiger partial charge in [0.15, 0.2) is 11.5 Å². The van der Waals surface area contributed by atoms with Crippen LogP contribution in [-0.4, -0.2) is 62.4 Å². The minimum atomic E-state index is -4.53. The molecule has 11 nitrogen and oxygen atoms in total. The highest BCUT2D eigenvalue weighted by atomic mass is 19.4. The molecule has 14 heteroatoms. The minimum absolute atomic E-state index is 0.000246. The SMILES string of the molecule is COc1cc2c(Nc3ccc(Oc4cccc(NC(=O)Nc5cccc(C(F)(F)F)c5)c4)cc3)c(C#N)cnc2cc1OCCCN1CCNCC1. The number of hydrogen-bond acceptors (Lipinski definition) is 9. The highest BCUT2D eigenvalue weighted by Gasteiger charge is 2.30. The Morgan fingerprint density at radius 1 is 0.923 bits per heavy atom. The molecule has 1 aromatic heterocycles. The van der Waals surface area contributed by atoms with Crippen molar-refractivity contribution in [2.24, 2.45) is 0 Å². The van der Waals surface area contributed by atoms with E-state index in [0.29, 0.717) is 63.1 Å². The summed E-state index contributed by atoms with van der Waals surface area (Å²) in [4.78, 5) is 19.4. The molecule has 0 unspecified atom stereocenters. The zero-order chi connectivity index (χ0) is 36.5. The number of aromatic nitrogens is 1. The maximum Gasteiger partial charge on any atom is 0.416 e. The first-order valence-corrected chi connectivity index (χ1v) is 16.6. The molecule has 52 heavy (non-hydrogen) atoms. The molecule has 0 radical (unpaired) electrons. The van der Waals surface area contributed by atoms with Gasteiger partial charge in [0.05, 0.1) is 36.0 Å². The van der Waals surface area contributed by atoms with E-state index < -0.39 is 17.8 Å². The third kappa shape index (κ3) is 9.19. The molecule has 5 aromatic rings. The Balaban J connectivity index is 1.10. The molecule has 0 saturated carbocycles. The smallest absolute Gasteiger partial charge is 0.416 e. The van der Waals surface area contributed by atoms with Crippen LogP contribution in [0.1, 0.15) is 17.5 Å². The first-order chi connectivity index (χ1) is 25.2. The number of halogens is 3. The molecular formula is C38H36F3N7O4. The molecule has 4 aromatic carbocycles. The van der Waals surface area contributed by atoms with Crippen molar-refractivity contribution in [2.75, 3.05) is 62.4 Å². The van der Waals surface area contributed by atoms with Gasteiger partial charge in [-0.05, 0) is 67.1 Å². The number of urea groups is 1.